The minimum absolute atomic E-state index is 0.116. The molecule has 13 nitrogen and oxygen atoms in total. The van der Waals surface area contributed by atoms with E-state index in [2.05, 4.69) is 95.8 Å². The number of aliphatic hydroxyl groups is 1. The summed E-state index contributed by atoms with van der Waals surface area (Å²) < 4.78 is 47.8. The van der Waals surface area contributed by atoms with Crippen molar-refractivity contribution in [2.24, 2.45) is 0 Å². The summed E-state index contributed by atoms with van der Waals surface area (Å²) in [7, 11) is -9.69. The quantitative estimate of drug-likeness (QED) is 0.0196. The van der Waals surface area contributed by atoms with Gasteiger partial charge < -0.3 is 29.3 Å². The van der Waals surface area contributed by atoms with E-state index in [9.17, 15) is 28.7 Å². The number of hydrogen-bond donors (Lipinski definition) is 4. The normalized spacial score (nSPS) is 14.7. The molecule has 3 atom stereocenters. The number of unbranched alkanes of at least 4 members (excludes halogenated alkanes) is 14. The highest BCUT2D eigenvalue weighted by atomic mass is 31.2. The van der Waals surface area contributed by atoms with E-state index in [1.54, 1.807) is 0 Å². The highest BCUT2D eigenvalue weighted by Crippen LogP contribution is 2.43. The van der Waals surface area contributed by atoms with Crippen LogP contribution in [0.15, 0.2) is 72.9 Å². The number of carbonyl (C=O) groups excluding carboxylic acids is 2. The molecule has 0 amide bonds. The molecule has 1 unspecified atom stereocenters. The van der Waals surface area contributed by atoms with Crippen LogP contribution < -0.4 is 0 Å². The average molecular weight is 903 g/mol. The summed E-state index contributed by atoms with van der Waals surface area (Å²) in [5.41, 5.74) is 0. The molecule has 0 fully saturated rings. The Bertz CT molecular complexity index is 1350. The standard InChI is InChI=1S/C46H80O13P2/c1-3-5-7-9-11-13-15-17-19-20-21-22-24-25-27-29-31-33-35-37-45(48)55-41-44(42-58-61(53,54)57-40-43(47)39-56-60(50,51)52)59-46(49)38-36-34-32-30-28-26-23-18-16-14-12-10-8-6-4-2/h5,7,11,13-14,16-17,19,21-22,25,27,43-44,47H,3-4,6,8-10,12,15,18,20,23-24,26,28-42H2,1-2H3,(H,53,54)(H2,50,51,52)/b7-5-,13-11-,16-14-,19-17-,22-21-,27-25-/t43-,44+/m0/s1. The minimum Gasteiger partial charge on any atom is -0.462 e. The van der Waals surface area contributed by atoms with E-state index in [0.717, 1.165) is 83.5 Å². The maximum absolute atomic E-state index is 12.7. The monoisotopic (exact) mass is 903 g/mol. The Morgan fingerprint density at radius 1 is 0.492 bits per heavy atom. The molecule has 4 N–H and O–H groups in total. The van der Waals surface area contributed by atoms with Gasteiger partial charge in [0.25, 0.3) is 0 Å². The molecule has 0 aromatic heterocycles. The maximum Gasteiger partial charge on any atom is 0.472 e. The third kappa shape index (κ3) is 45.4. The fourth-order valence-electron chi connectivity index (χ4n) is 5.66. The Morgan fingerprint density at radius 3 is 1.43 bits per heavy atom. The summed E-state index contributed by atoms with van der Waals surface area (Å²) >= 11 is 0. The molecule has 0 aromatic carbocycles. The highest BCUT2D eigenvalue weighted by molar-refractivity contribution is 7.47. The fourth-order valence-corrected chi connectivity index (χ4v) is 6.82. The maximum atomic E-state index is 12.7. The van der Waals surface area contributed by atoms with Crippen LogP contribution >= 0.6 is 15.6 Å². The first-order valence-corrected chi connectivity index (χ1v) is 25.7. The van der Waals surface area contributed by atoms with E-state index in [-0.39, 0.29) is 12.8 Å². The van der Waals surface area contributed by atoms with Crippen molar-refractivity contribution < 1.29 is 61.6 Å². The Balaban J connectivity index is 4.56. The molecule has 0 radical (unpaired) electrons. The van der Waals surface area contributed by atoms with Crippen LogP contribution in [0.1, 0.15) is 168 Å². The second-order valence-electron chi connectivity index (χ2n) is 14.9. The lowest BCUT2D eigenvalue weighted by Gasteiger charge is -2.20. The molecule has 352 valence electrons. The van der Waals surface area contributed by atoms with Crippen LogP contribution in [0.4, 0.5) is 0 Å². The van der Waals surface area contributed by atoms with Gasteiger partial charge in [0.05, 0.1) is 19.8 Å². The third-order valence-electron chi connectivity index (χ3n) is 9.07. The smallest absolute Gasteiger partial charge is 0.462 e. The molecule has 15 heteroatoms. The van der Waals surface area contributed by atoms with Crippen LogP contribution in [-0.4, -0.2) is 70.4 Å². The number of aliphatic hydroxyl groups excluding tert-OH is 1. The number of rotatable bonds is 42. The van der Waals surface area contributed by atoms with Gasteiger partial charge in [0.1, 0.15) is 12.7 Å². The largest absolute Gasteiger partial charge is 0.472 e. The number of phosphoric ester groups is 2. The molecule has 0 spiro atoms. The van der Waals surface area contributed by atoms with Crippen LogP contribution in [0.3, 0.4) is 0 Å². The van der Waals surface area contributed by atoms with Gasteiger partial charge in [-0.3, -0.25) is 23.2 Å². The summed E-state index contributed by atoms with van der Waals surface area (Å²) in [6.07, 6.45) is 46.0. The van der Waals surface area contributed by atoms with Gasteiger partial charge in [0.2, 0.25) is 0 Å². The van der Waals surface area contributed by atoms with E-state index in [4.69, 9.17) is 23.8 Å². The molecule has 0 aliphatic carbocycles. The molecule has 0 aliphatic heterocycles. The predicted molar refractivity (Wildman–Crippen MR) is 244 cm³/mol. The predicted octanol–water partition coefficient (Wildman–Crippen LogP) is 11.8. The van der Waals surface area contributed by atoms with Crippen molar-refractivity contribution in [1.82, 2.24) is 0 Å². The number of phosphoric acid groups is 2. The van der Waals surface area contributed by atoms with E-state index < -0.39 is 66.2 Å². The van der Waals surface area contributed by atoms with Crippen molar-refractivity contribution in [1.29, 1.82) is 0 Å². The van der Waals surface area contributed by atoms with Crippen molar-refractivity contribution in [3.8, 4) is 0 Å². The number of allylic oxidation sites excluding steroid dienone is 12. The van der Waals surface area contributed by atoms with Crippen LogP contribution in [0.25, 0.3) is 0 Å². The Labute approximate surface area is 367 Å². The first kappa shape index (κ1) is 58.6. The van der Waals surface area contributed by atoms with Gasteiger partial charge in [-0.25, -0.2) is 9.13 Å². The SMILES string of the molecule is CC/C=C\C/C=C\C/C=C\C/C=C\C/C=C\CCCCCC(=O)OC[C@H](COP(=O)(O)OC[C@@H](O)COP(=O)(O)O)OC(=O)CCCCCCCCC/C=C\CCCCCC. The molecule has 0 bridgehead atoms. The second-order valence-corrected chi connectivity index (χ2v) is 17.6. The number of esters is 2. The summed E-state index contributed by atoms with van der Waals surface area (Å²) in [6, 6.07) is 0. The Kier molecular flexibility index (Phi) is 39.9. The fraction of sp³-hybridized carbons (Fsp3) is 0.696. The van der Waals surface area contributed by atoms with E-state index in [1.807, 2.05) is 0 Å². The first-order valence-electron chi connectivity index (χ1n) is 22.6. The van der Waals surface area contributed by atoms with Crippen LogP contribution in [-0.2, 0) is 41.8 Å². The molecule has 0 aliphatic rings. The van der Waals surface area contributed by atoms with E-state index in [1.165, 1.54) is 44.9 Å². The van der Waals surface area contributed by atoms with Gasteiger partial charge >= 0.3 is 27.6 Å². The molecule has 0 saturated carbocycles. The Morgan fingerprint density at radius 2 is 0.902 bits per heavy atom. The third-order valence-corrected chi connectivity index (χ3v) is 10.5. The van der Waals surface area contributed by atoms with Crippen molar-refractivity contribution >= 4 is 27.6 Å². The number of hydrogen-bond acceptors (Lipinski definition) is 10. The highest BCUT2D eigenvalue weighted by Gasteiger charge is 2.28. The van der Waals surface area contributed by atoms with Gasteiger partial charge in [0, 0.05) is 12.8 Å². The number of carbonyl (C=O) groups is 2. The summed E-state index contributed by atoms with van der Waals surface area (Å²) in [6.45, 7) is 1.59. The zero-order valence-electron chi connectivity index (χ0n) is 37.2. The minimum atomic E-state index is -4.87. The van der Waals surface area contributed by atoms with Gasteiger partial charge in [-0.15, -0.1) is 0 Å². The summed E-state index contributed by atoms with van der Waals surface area (Å²) in [5, 5.41) is 9.75. The molecule has 61 heavy (non-hydrogen) atoms. The molecule has 0 heterocycles. The Hall–Kier alpha value is -2.44. The topological polar surface area (TPSA) is 195 Å². The van der Waals surface area contributed by atoms with Crippen molar-refractivity contribution in [3.63, 3.8) is 0 Å². The van der Waals surface area contributed by atoms with Crippen LogP contribution in [0.2, 0.25) is 0 Å². The van der Waals surface area contributed by atoms with Crippen molar-refractivity contribution in [2.75, 3.05) is 26.4 Å². The molecule has 0 saturated heterocycles. The van der Waals surface area contributed by atoms with Crippen LogP contribution in [0, 0.1) is 0 Å². The summed E-state index contributed by atoms with van der Waals surface area (Å²) in [4.78, 5) is 52.7. The van der Waals surface area contributed by atoms with Gasteiger partial charge in [0.15, 0.2) is 6.10 Å². The lowest BCUT2D eigenvalue weighted by atomic mass is 10.1. The molecular weight excluding hydrogens is 822 g/mol. The van der Waals surface area contributed by atoms with Gasteiger partial charge in [-0.2, -0.15) is 0 Å². The van der Waals surface area contributed by atoms with Crippen molar-refractivity contribution in [2.45, 2.75) is 180 Å². The number of ether oxygens (including phenoxy) is 2. The summed E-state index contributed by atoms with van der Waals surface area (Å²) in [5.74, 6) is -1.08. The van der Waals surface area contributed by atoms with Crippen LogP contribution in [0.5, 0.6) is 0 Å². The van der Waals surface area contributed by atoms with Crippen molar-refractivity contribution in [3.05, 3.63) is 72.9 Å². The zero-order chi connectivity index (χ0) is 45.1. The lowest BCUT2D eigenvalue weighted by Crippen LogP contribution is -2.30. The lowest BCUT2D eigenvalue weighted by molar-refractivity contribution is -0.161. The second kappa shape index (κ2) is 41.6. The van der Waals surface area contributed by atoms with Gasteiger partial charge in [-0.1, -0.05) is 145 Å². The molecule has 0 aromatic rings. The zero-order valence-corrected chi connectivity index (χ0v) is 39.0. The van der Waals surface area contributed by atoms with Gasteiger partial charge in [-0.05, 0) is 83.5 Å². The first-order chi connectivity index (χ1) is 29.4. The van der Waals surface area contributed by atoms with E-state index >= 15 is 0 Å². The molecule has 0 rings (SSSR count). The molecular formula is C46H80O13P2. The average Bonchev–Trinajstić information content (AvgIpc) is 3.22. The van der Waals surface area contributed by atoms with E-state index in [0.29, 0.717) is 12.8 Å².